The Hall–Kier alpha value is -1.15. The highest BCUT2D eigenvalue weighted by atomic mass is 35.5. The molecular weight excluding hydrogens is 314 g/mol. The molecule has 0 heterocycles. The molecule has 4 N–H and O–H groups in total. The Morgan fingerprint density at radius 2 is 1.90 bits per heavy atom. The summed E-state index contributed by atoms with van der Waals surface area (Å²) in [5.41, 5.74) is 5.14. The molecule has 0 aromatic heterocycles. The Bertz CT molecular complexity index is 583. The van der Waals surface area contributed by atoms with Crippen LogP contribution in [0.4, 0.5) is 5.69 Å². The normalized spacial score (nSPS) is 11.6. The second-order valence-corrected chi connectivity index (χ2v) is 7.15. The summed E-state index contributed by atoms with van der Waals surface area (Å²) >= 11 is 0. The predicted octanol–water partition coefficient (Wildman–Crippen LogP) is 1.47. The summed E-state index contributed by atoms with van der Waals surface area (Å²) in [4.78, 5) is 11.6. The van der Waals surface area contributed by atoms with E-state index in [0.29, 0.717) is 5.69 Å². The number of anilines is 1. The first kappa shape index (κ1) is 19.9. The molecule has 120 valence electrons. The molecule has 0 bridgehead atoms. The zero-order valence-electron chi connectivity index (χ0n) is 12.3. The van der Waals surface area contributed by atoms with Gasteiger partial charge < -0.3 is 11.1 Å². The Morgan fingerprint density at radius 3 is 2.43 bits per heavy atom. The average Bonchev–Trinajstić information content (AvgIpc) is 2.26. The summed E-state index contributed by atoms with van der Waals surface area (Å²) in [6.45, 7) is 5.53. The molecule has 1 rings (SSSR count). The maximum atomic E-state index is 12.2. The van der Waals surface area contributed by atoms with Gasteiger partial charge in [0.2, 0.25) is 15.9 Å². The van der Waals surface area contributed by atoms with Gasteiger partial charge in [0.05, 0.1) is 4.90 Å². The van der Waals surface area contributed by atoms with E-state index in [1.165, 1.54) is 12.1 Å². The van der Waals surface area contributed by atoms with E-state index >= 15 is 0 Å². The Balaban J connectivity index is 0.00000400. The van der Waals surface area contributed by atoms with Crippen molar-refractivity contribution in [3.63, 3.8) is 0 Å². The van der Waals surface area contributed by atoms with Gasteiger partial charge in [0.15, 0.2) is 0 Å². The zero-order valence-corrected chi connectivity index (χ0v) is 14.0. The SMILES string of the molecule is CC(C)(C)NS(=O)(=O)c1cccc(NC(=O)CCN)c1.Cl. The third kappa shape index (κ3) is 6.90. The topological polar surface area (TPSA) is 101 Å². The molecule has 0 aliphatic heterocycles. The van der Waals surface area contributed by atoms with Crippen LogP contribution in [0, 0.1) is 0 Å². The van der Waals surface area contributed by atoms with Gasteiger partial charge in [0, 0.05) is 24.2 Å². The first-order valence-corrected chi connectivity index (χ1v) is 7.76. The van der Waals surface area contributed by atoms with Gasteiger partial charge in [-0.3, -0.25) is 4.79 Å². The third-order valence-corrected chi connectivity index (χ3v) is 4.00. The molecule has 0 fully saturated rings. The molecule has 0 spiro atoms. The maximum Gasteiger partial charge on any atom is 0.241 e. The lowest BCUT2D eigenvalue weighted by molar-refractivity contribution is -0.116. The summed E-state index contributed by atoms with van der Waals surface area (Å²) in [5, 5.41) is 2.61. The fourth-order valence-corrected chi connectivity index (χ4v) is 3.02. The van der Waals surface area contributed by atoms with Gasteiger partial charge in [-0.2, -0.15) is 0 Å². The number of nitrogens with two attached hydrogens (primary N) is 1. The second-order valence-electron chi connectivity index (χ2n) is 5.47. The highest BCUT2D eigenvalue weighted by Gasteiger charge is 2.22. The van der Waals surface area contributed by atoms with Gasteiger partial charge >= 0.3 is 0 Å². The van der Waals surface area contributed by atoms with Gasteiger partial charge in [-0.15, -0.1) is 12.4 Å². The molecule has 0 unspecified atom stereocenters. The summed E-state index contributed by atoms with van der Waals surface area (Å²) in [6.07, 6.45) is 0.192. The molecule has 1 aromatic carbocycles. The number of amides is 1. The van der Waals surface area contributed by atoms with E-state index in [1.807, 2.05) is 0 Å². The van der Waals surface area contributed by atoms with Gasteiger partial charge in [-0.1, -0.05) is 6.07 Å². The van der Waals surface area contributed by atoms with Crippen molar-refractivity contribution in [2.45, 2.75) is 37.6 Å². The molecule has 0 saturated heterocycles. The van der Waals surface area contributed by atoms with Crippen LogP contribution < -0.4 is 15.8 Å². The monoisotopic (exact) mass is 335 g/mol. The molecule has 1 amide bonds. The maximum absolute atomic E-state index is 12.2. The van der Waals surface area contributed by atoms with Crippen molar-refractivity contribution in [2.24, 2.45) is 5.73 Å². The van der Waals surface area contributed by atoms with Crippen molar-refractivity contribution in [1.82, 2.24) is 4.72 Å². The van der Waals surface area contributed by atoms with E-state index < -0.39 is 15.6 Å². The predicted molar refractivity (Wildman–Crippen MR) is 86.1 cm³/mol. The van der Waals surface area contributed by atoms with Crippen LogP contribution in [0.5, 0.6) is 0 Å². The van der Waals surface area contributed by atoms with E-state index in [1.54, 1.807) is 32.9 Å². The number of rotatable bonds is 5. The fraction of sp³-hybridized carbons (Fsp3) is 0.462. The largest absolute Gasteiger partial charge is 0.330 e. The number of hydrogen-bond acceptors (Lipinski definition) is 4. The summed E-state index contributed by atoms with van der Waals surface area (Å²) in [5.74, 6) is -0.245. The van der Waals surface area contributed by atoms with Crippen molar-refractivity contribution in [1.29, 1.82) is 0 Å². The lowest BCUT2D eigenvalue weighted by atomic mass is 10.1. The van der Waals surface area contributed by atoms with Crippen LogP contribution in [0.2, 0.25) is 0 Å². The van der Waals surface area contributed by atoms with Gasteiger partial charge in [-0.25, -0.2) is 13.1 Å². The summed E-state index contributed by atoms with van der Waals surface area (Å²) in [6, 6.07) is 6.11. The van der Waals surface area contributed by atoms with Crippen molar-refractivity contribution in [2.75, 3.05) is 11.9 Å². The standard InChI is InChI=1S/C13H21N3O3S.ClH/c1-13(2,3)16-20(18,19)11-6-4-5-10(9-11)15-12(17)7-8-14;/h4-6,9,16H,7-8,14H2,1-3H3,(H,15,17);1H. The molecule has 0 atom stereocenters. The van der Waals surface area contributed by atoms with E-state index in [-0.39, 0.29) is 36.2 Å². The number of benzene rings is 1. The van der Waals surface area contributed by atoms with E-state index in [0.717, 1.165) is 0 Å². The third-order valence-electron chi connectivity index (χ3n) is 2.24. The molecule has 6 nitrogen and oxygen atoms in total. The fourth-order valence-electron chi connectivity index (χ4n) is 1.56. The molecule has 8 heteroatoms. The van der Waals surface area contributed by atoms with Crippen LogP contribution in [0.3, 0.4) is 0 Å². The number of carbonyl (C=O) groups excluding carboxylic acids is 1. The van der Waals surface area contributed by atoms with Crippen molar-refractivity contribution in [3.05, 3.63) is 24.3 Å². The number of halogens is 1. The van der Waals surface area contributed by atoms with Crippen LogP contribution >= 0.6 is 12.4 Å². The molecule has 0 aliphatic rings. The quantitative estimate of drug-likeness (QED) is 0.758. The highest BCUT2D eigenvalue weighted by molar-refractivity contribution is 7.89. The minimum atomic E-state index is -3.61. The summed E-state index contributed by atoms with van der Waals surface area (Å²) in [7, 11) is -3.61. The van der Waals surface area contributed by atoms with Crippen molar-refractivity contribution < 1.29 is 13.2 Å². The molecule has 21 heavy (non-hydrogen) atoms. The molecular formula is C13H22ClN3O3S. The second kappa shape index (κ2) is 7.74. The van der Waals surface area contributed by atoms with Crippen LogP contribution in [0.15, 0.2) is 29.2 Å². The van der Waals surface area contributed by atoms with Crippen molar-refractivity contribution >= 4 is 34.0 Å². The van der Waals surface area contributed by atoms with Crippen LogP contribution in [0.1, 0.15) is 27.2 Å². The Kier molecular flexibility index (Phi) is 7.32. The lowest BCUT2D eigenvalue weighted by Crippen LogP contribution is -2.40. The average molecular weight is 336 g/mol. The smallest absolute Gasteiger partial charge is 0.241 e. The molecule has 1 aromatic rings. The minimum absolute atomic E-state index is 0. The molecule has 0 radical (unpaired) electrons. The van der Waals surface area contributed by atoms with Crippen LogP contribution in [-0.4, -0.2) is 26.4 Å². The van der Waals surface area contributed by atoms with E-state index in [2.05, 4.69) is 10.0 Å². The van der Waals surface area contributed by atoms with Crippen LogP contribution in [0.25, 0.3) is 0 Å². The Morgan fingerprint density at radius 1 is 1.29 bits per heavy atom. The van der Waals surface area contributed by atoms with Crippen LogP contribution in [-0.2, 0) is 14.8 Å². The number of carbonyl (C=O) groups is 1. The molecule has 0 saturated carbocycles. The zero-order chi connectivity index (χ0) is 15.4. The van der Waals surface area contributed by atoms with E-state index in [4.69, 9.17) is 5.73 Å². The van der Waals surface area contributed by atoms with Crippen molar-refractivity contribution in [3.8, 4) is 0 Å². The van der Waals surface area contributed by atoms with Gasteiger partial charge in [0.25, 0.3) is 0 Å². The first-order valence-electron chi connectivity index (χ1n) is 6.28. The first-order chi connectivity index (χ1) is 9.14. The Labute approximate surface area is 132 Å². The number of sulfonamides is 1. The molecule has 0 aliphatic carbocycles. The number of hydrogen-bond donors (Lipinski definition) is 3. The van der Waals surface area contributed by atoms with E-state index in [9.17, 15) is 13.2 Å². The lowest BCUT2D eigenvalue weighted by Gasteiger charge is -2.20. The number of nitrogens with one attached hydrogen (secondary N) is 2. The van der Waals surface area contributed by atoms with Gasteiger partial charge in [0.1, 0.15) is 0 Å². The van der Waals surface area contributed by atoms with Gasteiger partial charge in [-0.05, 0) is 39.0 Å². The highest BCUT2D eigenvalue weighted by Crippen LogP contribution is 2.17. The minimum Gasteiger partial charge on any atom is -0.330 e. The summed E-state index contributed by atoms with van der Waals surface area (Å²) < 4.78 is 26.9.